The summed E-state index contributed by atoms with van der Waals surface area (Å²) in [6, 6.07) is 13.2. The lowest BCUT2D eigenvalue weighted by Gasteiger charge is -2.17. The normalized spacial score (nSPS) is 13.6. The third-order valence-corrected chi connectivity index (χ3v) is 5.30. The zero-order valence-corrected chi connectivity index (χ0v) is 20.6. The fourth-order valence-electron chi connectivity index (χ4n) is 3.13. The fourth-order valence-corrected chi connectivity index (χ4v) is 3.61. The number of benzene rings is 2. The Kier molecular flexibility index (Phi) is 10.0. The molecule has 1 saturated heterocycles. The zero-order chi connectivity index (χ0) is 20.6. The standard InChI is InChI=1S/C21H25Cl2N5O.HI/c1-24-20(26-14-16-7-8-17(22)12-19(16)23)25-13-15-5-4-6-18(11-15)27-21(29)28-9-2-3-10-28;/h4-8,11-12H,2-3,9-10,13-14H2,1H3,(H,27,29)(H2,24,25,26);1H. The average Bonchev–Trinajstić information content (AvgIpc) is 3.25. The van der Waals surface area contributed by atoms with E-state index in [9.17, 15) is 4.79 Å². The van der Waals surface area contributed by atoms with Crippen molar-refractivity contribution in [3.05, 3.63) is 63.6 Å². The Morgan fingerprint density at radius 2 is 1.80 bits per heavy atom. The molecule has 2 amide bonds. The van der Waals surface area contributed by atoms with Crippen LogP contribution in [0.15, 0.2) is 47.5 Å². The minimum absolute atomic E-state index is 0. The van der Waals surface area contributed by atoms with Crippen molar-refractivity contribution in [1.29, 1.82) is 0 Å². The molecule has 0 unspecified atom stereocenters. The average molecular weight is 562 g/mol. The van der Waals surface area contributed by atoms with Crippen molar-refractivity contribution in [2.75, 3.05) is 25.5 Å². The van der Waals surface area contributed by atoms with Gasteiger partial charge in [-0.1, -0.05) is 41.4 Å². The summed E-state index contributed by atoms with van der Waals surface area (Å²) < 4.78 is 0. The third-order valence-electron chi connectivity index (χ3n) is 4.72. The van der Waals surface area contributed by atoms with Crippen LogP contribution in [0.5, 0.6) is 0 Å². The molecule has 0 saturated carbocycles. The first-order valence-electron chi connectivity index (χ1n) is 9.58. The molecule has 1 aliphatic rings. The predicted molar refractivity (Wildman–Crippen MR) is 135 cm³/mol. The summed E-state index contributed by atoms with van der Waals surface area (Å²) in [5.74, 6) is 0.655. The lowest BCUT2D eigenvalue weighted by atomic mass is 10.2. The van der Waals surface area contributed by atoms with Gasteiger partial charge in [0.15, 0.2) is 5.96 Å². The Morgan fingerprint density at radius 1 is 1.07 bits per heavy atom. The predicted octanol–water partition coefficient (Wildman–Crippen LogP) is 5.10. The van der Waals surface area contributed by atoms with Crippen LogP contribution in [0.4, 0.5) is 10.5 Å². The first-order valence-corrected chi connectivity index (χ1v) is 10.3. The van der Waals surface area contributed by atoms with Crippen LogP contribution in [0.25, 0.3) is 0 Å². The highest BCUT2D eigenvalue weighted by atomic mass is 127. The second kappa shape index (κ2) is 12.2. The van der Waals surface area contributed by atoms with Crippen molar-refractivity contribution in [1.82, 2.24) is 15.5 Å². The minimum Gasteiger partial charge on any atom is -0.352 e. The van der Waals surface area contributed by atoms with E-state index in [0.29, 0.717) is 29.1 Å². The summed E-state index contributed by atoms with van der Waals surface area (Å²) in [7, 11) is 1.71. The summed E-state index contributed by atoms with van der Waals surface area (Å²) in [6.07, 6.45) is 2.15. The summed E-state index contributed by atoms with van der Waals surface area (Å²) in [6.45, 7) is 2.75. The van der Waals surface area contributed by atoms with Gasteiger partial charge in [-0.15, -0.1) is 24.0 Å². The van der Waals surface area contributed by atoms with Gasteiger partial charge in [0, 0.05) is 49.0 Å². The number of hydrogen-bond donors (Lipinski definition) is 3. The molecule has 2 aromatic carbocycles. The lowest BCUT2D eigenvalue weighted by molar-refractivity contribution is 0.222. The number of nitrogens with zero attached hydrogens (tertiary/aromatic N) is 2. The number of halogens is 3. The number of amides is 2. The molecule has 1 heterocycles. The van der Waals surface area contributed by atoms with Crippen LogP contribution in [-0.4, -0.2) is 37.0 Å². The second-order valence-electron chi connectivity index (χ2n) is 6.84. The highest BCUT2D eigenvalue weighted by molar-refractivity contribution is 14.0. The fraction of sp³-hybridized carbons (Fsp3) is 0.333. The maximum absolute atomic E-state index is 12.3. The molecule has 9 heteroatoms. The largest absolute Gasteiger partial charge is 0.352 e. The van der Waals surface area contributed by atoms with Crippen molar-refractivity contribution in [3.63, 3.8) is 0 Å². The number of urea groups is 1. The first-order chi connectivity index (χ1) is 14.0. The molecule has 0 aliphatic carbocycles. The van der Waals surface area contributed by atoms with E-state index >= 15 is 0 Å². The quantitative estimate of drug-likeness (QED) is 0.270. The number of aliphatic imine (C=N–C) groups is 1. The highest BCUT2D eigenvalue weighted by Crippen LogP contribution is 2.20. The number of carbonyl (C=O) groups excluding carboxylic acids is 1. The van der Waals surface area contributed by atoms with E-state index in [4.69, 9.17) is 23.2 Å². The number of nitrogens with one attached hydrogen (secondary N) is 3. The lowest BCUT2D eigenvalue weighted by Crippen LogP contribution is -2.36. The van der Waals surface area contributed by atoms with Crippen molar-refractivity contribution >= 4 is 64.9 Å². The Hall–Kier alpha value is -1.71. The number of likely N-dealkylation sites (tertiary alicyclic amines) is 1. The van der Waals surface area contributed by atoms with Crippen LogP contribution in [-0.2, 0) is 13.1 Å². The molecule has 3 N–H and O–H groups in total. The topological polar surface area (TPSA) is 68.8 Å². The maximum Gasteiger partial charge on any atom is 0.321 e. The SMILES string of the molecule is CN=C(NCc1cccc(NC(=O)N2CCCC2)c1)NCc1ccc(Cl)cc1Cl.I. The Bertz CT molecular complexity index is 887. The third kappa shape index (κ3) is 7.21. The van der Waals surface area contributed by atoms with Crippen molar-refractivity contribution in [2.24, 2.45) is 4.99 Å². The van der Waals surface area contributed by atoms with Crippen LogP contribution in [0, 0.1) is 0 Å². The van der Waals surface area contributed by atoms with Crippen LogP contribution >= 0.6 is 47.2 Å². The van der Waals surface area contributed by atoms with Gasteiger partial charge < -0.3 is 20.9 Å². The molecular formula is C21H26Cl2IN5O. The van der Waals surface area contributed by atoms with Gasteiger partial charge in [0.1, 0.15) is 0 Å². The van der Waals surface area contributed by atoms with Crippen molar-refractivity contribution < 1.29 is 4.79 Å². The van der Waals surface area contributed by atoms with Gasteiger partial charge in [-0.25, -0.2) is 4.79 Å². The highest BCUT2D eigenvalue weighted by Gasteiger charge is 2.17. The summed E-state index contributed by atoms with van der Waals surface area (Å²) >= 11 is 12.1. The van der Waals surface area contributed by atoms with E-state index < -0.39 is 0 Å². The van der Waals surface area contributed by atoms with Gasteiger partial charge in [0.2, 0.25) is 0 Å². The first kappa shape index (κ1) is 24.6. The second-order valence-corrected chi connectivity index (χ2v) is 7.68. The molecule has 2 aromatic rings. The Morgan fingerprint density at radius 3 is 2.50 bits per heavy atom. The number of anilines is 1. The van der Waals surface area contributed by atoms with Crippen molar-refractivity contribution in [2.45, 2.75) is 25.9 Å². The molecule has 1 fully saturated rings. The molecule has 6 nitrogen and oxygen atoms in total. The van der Waals surface area contributed by atoms with E-state index in [2.05, 4.69) is 20.9 Å². The molecule has 3 rings (SSSR count). The van der Waals surface area contributed by atoms with Gasteiger partial charge in [-0.3, -0.25) is 4.99 Å². The number of rotatable bonds is 5. The minimum atomic E-state index is -0.0371. The molecule has 0 bridgehead atoms. The summed E-state index contributed by atoms with van der Waals surface area (Å²) in [4.78, 5) is 18.3. The van der Waals surface area contributed by atoms with Gasteiger partial charge in [0.05, 0.1) is 0 Å². The molecule has 0 spiro atoms. The van der Waals surface area contributed by atoms with Gasteiger partial charge in [-0.05, 0) is 48.2 Å². The zero-order valence-electron chi connectivity index (χ0n) is 16.8. The van der Waals surface area contributed by atoms with E-state index in [1.54, 1.807) is 13.1 Å². The maximum atomic E-state index is 12.3. The van der Waals surface area contributed by atoms with Crippen LogP contribution in [0.1, 0.15) is 24.0 Å². The van der Waals surface area contributed by atoms with Crippen molar-refractivity contribution in [3.8, 4) is 0 Å². The number of carbonyl (C=O) groups is 1. The van der Waals surface area contributed by atoms with E-state index in [-0.39, 0.29) is 30.0 Å². The molecule has 0 radical (unpaired) electrons. The molecule has 1 aliphatic heterocycles. The van der Waals surface area contributed by atoms with Crippen LogP contribution in [0.2, 0.25) is 10.0 Å². The number of hydrogen-bond acceptors (Lipinski definition) is 2. The van der Waals surface area contributed by atoms with E-state index in [0.717, 1.165) is 42.7 Å². The number of guanidine groups is 1. The molecule has 30 heavy (non-hydrogen) atoms. The van der Waals surface area contributed by atoms with Gasteiger partial charge >= 0.3 is 6.03 Å². The molecule has 0 atom stereocenters. The van der Waals surface area contributed by atoms with Gasteiger partial charge in [0.25, 0.3) is 0 Å². The molecular weight excluding hydrogens is 536 g/mol. The molecule has 162 valence electrons. The van der Waals surface area contributed by atoms with E-state index in [1.165, 1.54) is 0 Å². The van der Waals surface area contributed by atoms with Crippen LogP contribution < -0.4 is 16.0 Å². The smallest absolute Gasteiger partial charge is 0.321 e. The summed E-state index contributed by atoms with van der Waals surface area (Å²) in [5.41, 5.74) is 2.76. The molecule has 0 aromatic heterocycles. The summed E-state index contributed by atoms with van der Waals surface area (Å²) in [5, 5.41) is 10.7. The van der Waals surface area contributed by atoms with E-state index in [1.807, 2.05) is 41.3 Å². The Balaban J connectivity index is 0.00000320. The van der Waals surface area contributed by atoms with Gasteiger partial charge in [-0.2, -0.15) is 0 Å². The monoisotopic (exact) mass is 561 g/mol. The van der Waals surface area contributed by atoms with Crippen LogP contribution in [0.3, 0.4) is 0 Å². The Labute approximate surface area is 204 Å².